The zero-order chi connectivity index (χ0) is 24.2. The molecule has 2 aromatic carbocycles. The number of carbonyl (C=O) groups excluding carboxylic acids is 1. The Balaban J connectivity index is 1.09. The summed E-state index contributed by atoms with van der Waals surface area (Å²) >= 11 is 0. The molecule has 0 spiro atoms. The Labute approximate surface area is 205 Å². The Bertz CT molecular complexity index is 1130. The number of nitrogens with zero attached hydrogens (tertiary/aromatic N) is 5. The van der Waals surface area contributed by atoms with Crippen LogP contribution in [0.25, 0.3) is 11.0 Å². The van der Waals surface area contributed by atoms with Crippen LogP contribution in [0.4, 0.5) is 5.69 Å². The molecule has 9 heteroatoms. The van der Waals surface area contributed by atoms with Gasteiger partial charge in [0, 0.05) is 45.4 Å². The quantitative estimate of drug-likeness (QED) is 0.480. The van der Waals surface area contributed by atoms with Crippen LogP contribution >= 0.6 is 0 Å². The molecule has 35 heavy (non-hydrogen) atoms. The summed E-state index contributed by atoms with van der Waals surface area (Å²) in [6, 6.07) is 15.1. The van der Waals surface area contributed by atoms with Crippen molar-refractivity contribution in [3.05, 3.63) is 48.5 Å². The van der Waals surface area contributed by atoms with Crippen LogP contribution in [0.1, 0.15) is 31.7 Å². The molecule has 186 valence electrons. The molecular weight excluding hydrogens is 444 g/mol. The number of nitrogens with one attached hydrogen (secondary N) is 1. The molecule has 2 aliphatic rings. The van der Waals surface area contributed by atoms with Gasteiger partial charge < -0.3 is 15.2 Å². The third-order valence-electron chi connectivity index (χ3n) is 7.31. The van der Waals surface area contributed by atoms with E-state index in [1.165, 1.54) is 0 Å². The Morgan fingerprint density at radius 3 is 2.66 bits per heavy atom. The maximum Gasteiger partial charge on any atom is 0.224 e. The molecule has 2 N–H and O–H groups in total. The Morgan fingerprint density at radius 2 is 1.89 bits per heavy atom. The first kappa shape index (κ1) is 23.7. The number of aromatic hydroxyl groups is 1. The van der Waals surface area contributed by atoms with E-state index in [-0.39, 0.29) is 17.9 Å². The minimum atomic E-state index is 0.0218. The minimum Gasteiger partial charge on any atom is -0.508 e. The summed E-state index contributed by atoms with van der Waals surface area (Å²) in [5.41, 5.74) is 2.77. The van der Waals surface area contributed by atoms with Crippen molar-refractivity contribution in [2.45, 2.75) is 38.0 Å². The van der Waals surface area contributed by atoms with Crippen molar-refractivity contribution < 1.29 is 14.6 Å². The molecule has 2 fully saturated rings. The molecule has 9 nitrogen and oxygen atoms in total. The highest BCUT2D eigenvalue weighted by Gasteiger charge is 2.31. The standard InChI is InChI=1S/C26H34N6O3/c1-35-26(31-14-11-21(12-15-31)32-24-5-3-2-4-23(24)28-29-32)18-30-13-10-19(17-30)16-25(34)27-20-6-8-22(33)9-7-20/h2-9,19,21,26,33H,10-18H2,1H3,(H,27,34). The average molecular weight is 479 g/mol. The first-order valence-electron chi connectivity index (χ1n) is 12.5. The van der Waals surface area contributed by atoms with E-state index in [0.717, 1.165) is 63.0 Å². The second-order valence-electron chi connectivity index (χ2n) is 9.69. The molecule has 0 bridgehead atoms. The number of hydrogen-bond acceptors (Lipinski definition) is 7. The van der Waals surface area contributed by atoms with Gasteiger partial charge in [-0.3, -0.25) is 14.6 Å². The van der Waals surface area contributed by atoms with Crippen LogP contribution in [-0.4, -0.2) is 81.9 Å². The maximum atomic E-state index is 12.5. The lowest BCUT2D eigenvalue weighted by molar-refractivity contribution is -0.117. The predicted octanol–water partition coefficient (Wildman–Crippen LogP) is 3.10. The second-order valence-corrected chi connectivity index (χ2v) is 9.69. The molecule has 2 saturated heterocycles. The maximum absolute atomic E-state index is 12.5. The zero-order valence-electron chi connectivity index (χ0n) is 20.2. The van der Waals surface area contributed by atoms with Crippen molar-refractivity contribution in [1.29, 1.82) is 0 Å². The number of hydrogen-bond donors (Lipinski definition) is 2. The number of benzene rings is 2. The first-order chi connectivity index (χ1) is 17.1. The van der Waals surface area contributed by atoms with Crippen LogP contribution in [-0.2, 0) is 9.53 Å². The number of rotatable bonds is 8. The molecule has 0 saturated carbocycles. The second kappa shape index (κ2) is 10.7. The van der Waals surface area contributed by atoms with Crippen LogP contribution in [0.15, 0.2) is 48.5 Å². The Morgan fingerprint density at radius 1 is 1.11 bits per heavy atom. The van der Waals surface area contributed by atoms with Gasteiger partial charge in [0.05, 0.1) is 11.6 Å². The van der Waals surface area contributed by atoms with E-state index in [4.69, 9.17) is 4.74 Å². The lowest BCUT2D eigenvalue weighted by Gasteiger charge is -2.38. The fraction of sp³-hybridized carbons (Fsp3) is 0.500. The lowest BCUT2D eigenvalue weighted by Crippen LogP contribution is -2.48. The molecule has 3 heterocycles. The van der Waals surface area contributed by atoms with Crippen molar-refractivity contribution in [2.24, 2.45) is 5.92 Å². The van der Waals surface area contributed by atoms with E-state index in [2.05, 4.69) is 36.2 Å². The summed E-state index contributed by atoms with van der Waals surface area (Å²) in [7, 11) is 1.79. The van der Waals surface area contributed by atoms with Gasteiger partial charge in [-0.1, -0.05) is 17.3 Å². The highest BCUT2D eigenvalue weighted by atomic mass is 16.5. The molecule has 5 rings (SSSR count). The van der Waals surface area contributed by atoms with E-state index in [0.29, 0.717) is 24.1 Å². The van der Waals surface area contributed by atoms with Gasteiger partial charge in [-0.15, -0.1) is 5.10 Å². The van der Waals surface area contributed by atoms with Gasteiger partial charge in [-0.2, -0.15) is 0 Å². The third-order valence-corrected chi connectivity index (χ3v) is 7.31. The van der Waals surface area contributed by atoms with E-state index in [1.54, 1.807) is 31.4 Å². The largest absolute Gasteiger partial charge is 0.508 e. The number of aromatic nitrogens is 3. The number of carbonyl (C=O) groups is 1. The summed E-state index contributed by atoms with van der Waals surface area (Å²) < 4.78 is 7.99. The van der Waals surface area contributed by atoms with Crippen LogP contribution in [0.5, 0.6) is 5.75 Å². The summed E-state index contributed by atoms with van der Waals surface area (Å²) in [5, 5.41) is 21.1. The summed E-state index contributed by atoms with van der Waals surface area (Å²) in [5.74, 6) is 0.558. The number of likely N-dealkylation sites (tertiary alicyclic amines) is 2. The summed E-state index contributed by atoms with van der Waals surface area (Å²) in [6.07, 6.45) is 3.61. The fourth-order valence-electron chi connectivity index (χ4n) is 5.40. The van der Waals surface area contributed by atoms with E-state index in [1.807, 2.05) is 18.2 Å². The van der Waals surface area contributed by atoms with E-state index < -0.39 is 0 Å². The molecule has 2 aliphatic heterocycles. The molecule has 1 aromatic heterocycles. The normalized spacial score (nSPS) is 20.9. The number of fused-ring (bicyclic) bond motifs is 1. The van der Waals surface area contributed by atoms with Gasteiger partial charge in [0.15, 0.2) is 0 Å². The number of anilines is 1. The number of piperidine rings is 1. The first-order valence-corrected chi connectivity index (χ1v) is 12.5. The van der Waals surface area contributed by atoms with Gasteiger partial charge in [-0.25, -0.2) is 4.68 Å². The molecular formula is C26H34N6O3. The summed E-state index contributed by atoms with van der Waals surface area (Å²) in [4.78, 5) is 17.3. The number of amides is 1. The molecule has 0 aliphatic carbocycles. The Kier molecular flexibility index (Phi) is 7.26. The van der Waals surface area contributed by atoms with Crippen molar-refractivity contribution >= 4 is 22.6 Å². The summed E-state index contributed by atoms with van der Waals surface area (Å²) in [6.45, 7) is 4.67. The molecule has 0 radical (unpaired) electrons. The highest BCUT2D eigenvalue weighted by molar-refractivity contribution is 5.90. The monoisotopic (exact) mass is 478 g/mol. The zero-order valence-corrected chi connectivity index (χ0v) is 20.2. The van der Waals surface area contributed by atoms with Crippen molar-refractivity contribution in [3.63, 3.8) is 0 Å². The number of methoxy groups -OCH3 is 1. The van der Waals surface area contributed by atoms with Crippen molar-refractivity contribution in [1.82, 2.24) is 24.8 Å². The topological polar surface area (TPSA) is 95.8 Å². The smallest absolute Gasteiger partial charge is 0.224 e. The van der Waals surface area contributed by atoms with Gasteiger partial charge in [0.25, 0.3) is 0 Å². The predicted molar refractivity (Wildman–Crippen MR) is 134 cm³/mol. The van der Waals surface area contributed by atoms with Crippen LogP contribution in [0.2, 0.25) is 0 Å². The van der Waals surface area contributed by atoms with Crippen molar-refractivity contribution in [3.8, 4) is 5.75 Å². The number of para-hydroxylation sites is 1. The third kappa shape index (κ3) is 5.63. The minimum absolute atomic E-state index is 0.0218. The molecule has 3 aromatic rings. The van der Waals surface area contributed by atoms with Crippen molar-refractivity contribution in [2.75, 3.05) is 45.2 Å². The van der Waals surface area contributed by atoms with E-state index in [9.17, 15) is 9.90 Å². The number of ether oxygens (including phenoxy) is 1. The molecule has 2 unspecified atom stereocenters. The highest BCUT2D eigenvalue weighted by Crippen LogP contribution is 2.27. The number of phenolic OH excluding ortho intramolecular Hbond substituents is 1. The fourth-order valence-corrected chi connectivity index (χ4v) is 5.40. The Hall–Kier alpha value is -3.01. The van der Waals surface area contributed by atoms with Gasteiger partial charge in [0.2, 0.25) is 5.91 Å². The number of phenols is 1. The van der Waals surface area contributed by atoms with Crippen LogP contribution in [0, 0.1) is 5.92 Å². The lowest BCUT2D eigenvalue weighted by atomic mass is 10.0. The average Bonchev–Trinajstić information content (AvgIpc) is 3.51. The SMILES string of the molecule is COC(CN1CCC(CC(=O)Nc2ccc(O)cc2)C1)N1CCC(n2nnc3ccccc32)CC1. The van der Waals surface area contributed by atoms with Gasteiger partial charge in [-0.05, 0) is 68.1 Å². The van der Waals surface area contributed by atoms with Crippen LogP contribution < -0.4 is 5.32 Å². The molecule has 2 atom stereocenters. The van der Waals surface area contributed by atoms with Crippen LogP contribution in [0.3, 0.4) is 0 Å². The molecule has 1 amide bonds. The van der Waals surface area contributed by atoms with E-state index >= 15 is 0 Å². The van der Waals surface area contributed by atoms with Gasteiger partial charge in [0.1, 0.15) is 17.5 Å². The van der Waals surface area contributed by atoms with Gasteiger partial charge >= 0.3 is 0 Å².